The molecule has 10 heteroatoms. The van der Waals surface area contributed by atoms with Crippen LogP contribution in [-0.4, -0.2) is 46.5 Å². The van der Waals surface area contributed by atoms with Gasteiger partial charge in [-0.1, -0.05) is 6.07 Å². The third kappa shape index (κ3) is 4.40. The third-order valence-electron chi connectivity index (χ3n) is 5.41. The molecule has 1 fully saturated rings. The Balaban J connectivity index is 1.41. The van der Waals surface area contributed by atoms with Crippen LogP contribution in [0, 0.1) is 5.92 Å². The van der Waals surface area contributed by atoms with Crippen LogP contribution < -0.4 is 5.32 Å². The highest BCUT2D eigenvalue weighted by atomic mass is 32.2. The molecule has 1 aliphatic rings. The molecule has 160 valence electrons. The summed E-state index contributed by atoms with van der Waals surface area (Å²) in [4.78, 5) is 12.9. The van der Waals surface area contributed by atoms with Gasteiger partial charge in [-0.3, -0.25) is 4.79 Å². The minimum atomic E-state index is -3.75. The van der Waals surface area contributed by atoms with Crippen molar-refractivity contribution < 1.29 is 17.6 Å². The number of aromatic nitrogens is 2. The van der Waals surface area contributed by atoms with Gasteiger partial charge in [-0.25, -0.2) is 8.42 Å². The molecular weight excluding hydrogens is 424 g/mol. The number of nitrogens with one attached hydrogen (secondary N) is 1. The van der Waals surface area contributed by atoms with Crippen LogP contribution in [0.15, 0.2) is 45.9 Å². The second kappa shape index (κ2) is 8.83. The molecular formula is C20H24N4O4S2. The number of hydrogen-bond acceptors (Lipinski definition) is 7. The van der Waals surface area contributed by atoms with Crippen LogP contribution in [0.25, 0.3) is 11.0 Å². The first-order valence-electron chi connectivity index (χ1n) is 9.99. The number of sulfonamides is 1. The fourth-order valence-corrected chi connectivity index (χ4v) is 6.03. The minimum absolute atomic E-state index is 0.0237. The van der Waals surface area contributed by atoms with Crippen molar-refractivity contribution in [1.82, 2.24) is 18.4 Å². The number of carbonyl (C=O) groups is 1. The Morgan fingerprint density at radius 2 is 2.20 bits per heavy atom. The zero-order valence-corrected chi connectivity index (χ0v) is 18.3. The summed E-state index contributed by atoms with van der Waals surface area (Å²) in [5, 5.41) is 3.03. The molecule has 3 heterocycles. The van der Waals surface area contributed by atoms with Gasteiger partial charge in [0.1, 0.15) is 21.7 Å². The zero-order valence-electron chi connectivity index (χ0n) is 16.7. The lowest BCUT2D eigenvalue weighted by Crippen LogP contribution is -2.47. The summed E-state index contributed by atoms with van der Waals surface area (Å²) in [6, 6.07) is 8.71. The Kier molecular flexibility index (Phi) is 6.16. The van der Waals surface area contributed by atoms with Gasteiger partial charge in [-0.15, -0.1) is 0 Å². The monoisotopic (exact) mass is 448 g/mol. The van der Waals surface area contributed by atoms with Crippen molar-refractivity contribution in [3.05, 3.63) is 42.4 Å². The molecule has 30 heavy (non-hydrogen) atoms. The highest BCUT2D eigenvalue weighted by Crippen LogP contribution is 2.28. The molecule has 0 bridgehead atoms. The number of furan rings is 1. The molecule has 0 unspecified atom stereocenters. The normalized spacial score (nSPS) is 19.0. The molecule has 2 aromatic heterocycles. The molecule has 1 aliphatic heterocycles. The van der Waals surface area contributed by atoms with Crippen LogP contribution in [0.3, 0.4) is 0 Å². The first kappa shape index (κ1) is 21.0. The van der Waals surface area contributed by atoms with Crippen molar-refractivity contribution in [2.75, 3.05) is 13.1 Å². The number of rotatable bonds is 7. The molecule has 1 saturated heterocycles. The van der Waals surface area contributed by atoms with E-state index in [9.17, 15) is 13.2 Å². The van der Waals surface area contributed by atoms with E-state index < -0.39 is 10.0 Å². The summed E-state index contributed by atoms with van der Waals surface area (Å²) in [5.74, 6) is 0.416. The lowest BCUT2D eigenvalue weighted by Gasteiger charge is -2.31. The fourth-order valence-electron chi connectivity index (χ4n) is 3.75. The van der Waals surface area contributed by atoms with E-state index in [-0.39, 0.29) is 29.3 Å². The Morgan fingerprint density at radius 3 is 3.00 bits per heavy atom. The van der Waals surface area contributed by atoms with E-state index in [1.54, 1.807) is 24.5 Å². The molecule has 1 N–H and O–H groups in total. The second-order valence-electron chi connectivity index (χ2n) is 7.62. The molecule has 0 saturated carbocycles. The Labute approximate surface area is 179 Å². The molecule has 0 radical (unpaired) electrons. The average molecular weight is 449 g/mol. The fraction of sp³-hybridized carbons (Fsp3) is 0.450. The number of amides is 1. The van der Waals surface area contributed by atoms with E-state index in [0.717, 1.165) is 30.3 Å². The molecule has 4 rings (SSSR count). The van der Waals surface area contributed by atoms with Gasteiger partial charge in [-0.2, -0.15) is 13.1 Å². The van der Waals surface area contributed by atoms with Crippen LogP contribution in [-0.2, 0) is 21.2 Å². The number of benzene rings is 1. The standard InChI is InChI=1S/C20H24N4O4S2/c1-14(9-10-16-6-4-12-28-16)21-20(25)15-5-3-11-24(13-15)30(26,27)18-8-2-7-17-19(18)23-29-22-17/h2,4,6-8,12,14-15H,3,5,9-11,13H2,1H3,(H,21,25)/t14-,15-/m0/s1. The van der Waals surface area contributed by atoms with Crippen molar-refractivity contribution >= 4 is 38.7 Å². The van der Waals surface area contributed by atoms with Crippen LogP contribution in [0.1, 0.15) is 31.9 Å². The lowest BCUT2D eigenvalue weighted by molar-refractivity contribution is -0.126. The average Bonchev–Trinajstić information content (AvgIpc) is 3.43. The predicted octanol–water partition coefficient (Wildman–Crippen LogP) is 2.82. The topological polar surface area (TPSA) is 105 Å². The number of carbonyl (C=O) groups excluding carboxylic acids is 1. The molecule has 2 atom stereocenters. The van der Waals surface area contributed by atoms with Crippen LogP contribution in [0.4, 0.5) is 0 Å². The second-order valence-corrected chi connectivity index (χ2v) is 10.1. The number of aryl methyl sites for hydroxylation is 1. The third-order valence-corrected chi connectivity index (χ3v) is 7.85. The van der Waals surface area contributed by atoms with Crippen molar-refractivity contribution in [3.63, 3.8) is 0 Å². The van der Waals surface area contributed by atoms with E-state index >= 15 is 0 Å². The van der Waals surface area contributed by atoms with Gasteiger partial charge in [0.15, 0.2) is 0 Å². The molecule has 0 spiro atoms. The Hall–Kier alpha value is -2.30. The zero-order chi connectivity index (χ0) is 21.1. The van der Waals surface area contributed by atoms with Gasteiger partial charge < -0.3 is 9.73 Å². The van der Waals surface area contributed by atoms with Gasteiger partial charge >= 0.3 is 0 Å². The van der Waals surface area contributed by atoms with E-state index in [0.29, 0.717) is 30.4 Å². The Bertz CT molecular complexity index is 1110. The van der Waals surface area contributed by atoms with Crippen LogP contribution >= 0.6 is 11.7 Å². The number of piperidine rings is 1. The summed E-state index contributed by atoms with van der Waals surface area (Å²) in [6.07, 6.45) is 4.45. The summed E-state index contributed by atoms with van der Waals surface area (Å²) >= 11 is 0.992. The van der Waals surface area contributed by atoms with Crippen molar-refractivity contribution in [1.29, 1.82) is 0 Å². The number of hydrogen-bond donors (Lipinski definition) is 1. The van der Waals surface area contributed by atoms with E-state index in [1.807, 2.05) is 19.1 Å². The smallest absolute Gasteiger partial charge is 0.245 e. The summed E-state index contributed by atoms with van der Waals surface area (Å²) in [7, 11) is -3.75. The van der Waals surface area contributed by atoms with Gasteiger partial charge in [0, 0.05) is 25.6 Å². The molecule has 0 aliphatic carbocycles. The predicted molar refractivity (Wildman–Crippen MR) is 114 cm³/mol. The van der Waals surface area contributed by atoms with Gasteiger partial charge in [0.25, 0.3) is 0 Å². The van der Waals surface area contributed by atoms with Crippen molar-refractivity contribution in [2.45, 2.75) is 43.5 Å². The molecule has 8 nitrogen and oxygen atoms in total. The number of nitrogens with zero attached hydrogens (tertiary/aromatic N) is 3. The van der Waals surface area contributed by atoms with Crippen molar-refractivity contribution in [2.24, 2.45) is 5.92 Å². The maximum absolute atomic E-state index is 13.2. The summed E-state index contributed by atoms with van der Waals surface area (Å²) in [6.45, 7) is 2.52. The SMILES string of the molecule is C[C@@H](CCc1ccco1)NC(=O)[C@H]1CCCN(S(=O)(=O)c2cccc3nsnc23)C1. The van der Waals surface area contributed by atoms with Crippen LogP contribution in [0.5, 0.6) is 0 Å². The first-order valence-corrected chi connectivity index (χ1v) is 12.2. The van der Waals surface area contributed by atoms with Gasteiger partial charge in [-0.05, 0) is 50.5 Å². The summed E-state index contributed by atoms with van der Waals surface area (Å²) in [5.41, 5.74) is 0.957. The highest BCUT2D eigenvalue weighted by Gasteiger charge is 2.34. The van der Waals surface area contributed by atoms with Crippen molar-refractivity contribution in [3.8, 4) is 0 Å². The van der Waals surface area contributed by atoms with E-state index in [1.165, 1.54) is 4.31 Å². The van der Waals surface area contributed by atoms with Crippen LogP contribution in [0.2, 0.25) is 0 Å². The largest absolute Gasteiger partial charge is 0.469 e. The van der Waals surface area contributed by atoms with E-state index in [2.05, 4.69) is 14.1 Å². The van der Waals surface area contributed by atoms with Gasteiger partial charge in [0.2, 0.25) is 15.9 Å². The molecule has 1 amide bonds. The summed E-state index contributed by atoms with van der Waals surface area (Å²) < 4.78 is 41.5. The van der Waals surface area contributed by atoms with E-state index in [4.69, 9.17) is 4.42 Å². The maximum Gasteiger partial charge on any atom is 0.245 e. The first-order chi connectivity index (χ1) is 14.4. The quantitative estimate of drug-likeness (QED) is 0.596. The lowest BCUT2D eigenvalue weighted by atomic mass is 9.98. The van der Waals surface area contributed by atoms with Gasteiger partial charge in [0.05, 0.1) is 23.9 Å². The Morgan fingerprint density at radius 1 is 1.33 bits per heavy atom. The minimum Gasteiger partial charge on any atom is -0.469 e. The highest BCUT2D eigenvalue weighted by molar-refractivity contribution is 7.89. The number of fused-ring (bicyclic) bond motifs is 1. The molecule has 1 aromatic carbocycles. The molecule has 3 aromatic rings. The maximum atomic E-state index is 13.2.